The molecule has 0 aromatic heterocycles. The van der Waals surface area contributed by atoms with E-state index in [4.69, 9.17) is 79.1 Å². The van der Waals surface area contributed by atoms with E-state index in [1.54, 1.807) is 12.1 Å². The normalized spacial score (nSPS) is 34.1. The molecule has 1 aromatic rings. The van der Waals surface area contributed by atoms with Crippen molar-refractivity contribution in [1.29, 1.82) is 0 Å². The zero-order chi connectivity index (χ0) is 22.2. The van der Waals surface area contributed by atoms with Crippen molar-refractivity contribution in [2.45, 2.75) is 20.5 Å². The number of allylic oxidation sites excluding steroid dienone is 2. The summed E-state index contributed by atoms with van der Waals surface area (Å²) in [5.41, 5.74) is 0.840. The van der Waals surface area contributed by atoms with Crippen LogP contribution in [0.3, 0.4) is 0 Å². The maximum atomic E-state index is 13.2. The van der Waals surface area contributed by atoms with Gasteiger partial charge in [0.2, 0.25) is 11.8 Å². The minimum Gasteiger partial charge on any atom is -0.493 e. The van der Waals surface area contributed by atoms with Crippen molar-refractivity contribution in [2.75, 3.05) is 20.8 Å². The van der Waals surface area contributed by atoms with E-state index < -0.39 is 37.7 Å². The van der Waals surface area contributed by atoms with Gasteiger partial charge in [-0.1, -0.05) is 52.5 Å². The lowest BCUT2D eigenvalue weighted by atomic mass is 9.84. The standard InChI is InChI=1S/C19H15Cl6NO4/c1-29-9-4-3-8(7-10(9)30-2)5-6-26-15(27)11-12(16(26)28)18(23)14(21)13(20)17(11,22)19(18,24)25/h3-4,7,11-12H,5-6H2,1-2H3/t11-,12+,17+,18-. The molecule has 11 heteroatoms. The zero-order valence-corrected chi connectivity index (χ0v) is 20.2. The minimum absolute atomic E-state index is 0.102. The van der Waals surface area contributed by atoms with Crippen LogP contribution in [0.4, 0.5) is 0 Å². The SMILES string of the molecule is COc1ccc(CCN2C(=O)[C@@H]3[C@H](C2=O)[C@]2(Cl)C(Cl)=C(Cl)[C@@]3(Cl)C2(Cl)Cl)cc1OC. The molecular formula is C19H15Cl6NO4. The molecule has 2 aliphatic carbocycles. The van der Waals surface area contributed by atoms with E-state index in [-0.39, 0.29) is 16.6 Å². The van der Waals surface area contributed by atoms with Crippen LogP contribution in [0, 0.1) is 11.8 Å². The van der Waals surface area contributed by atoms with E-state index in [1.165, 1.54) is 14.2 Å². The van der Waals surface area contributed by atoms with Gasteiger partial charge in [0.1, 0.15) is 9.75 Å². The average molecular weight is 534 g/mol. The van der Waals surface area contributed by atoms with E-state index >= 15 is 0 Å². The van der Waals surface area contributed by atoms with Crippen LogP contribution in [0.2, 0.25) is 0 Å². The number of methoxy groups -OCH3 is 2. The van der Waals surface area contributed by atoms with Crippen molar-refractivity contribution in [3.05, 3.63) is 33.8 Å². The summed E-state index contributed by atoms with van der Waals surface area (Å²) in [5, 5.41) is -0.204. The number of nitrogens with zero attached hydrogens (tertiary/aromatic N) is 1. The van der Waals surface area contributed by atoms with Gasteiger partial charge in [-0.2, -0.15) is 0 Å². The van der Waals surface area contributed by atoms with Gasteiger partial charge in [-0.05, 0) is 24.1 Å². The predicted molar refractivity (Wildman–Crippen MR) is 117 cm³/mol. The molecule has 2 fully saturated rings. The third-order valence-corrected chi connectivity index (χ3v) is 10.3. The van der Waals surface area contributed by atoms with Gasteiger partial charge in [-0.25, -0.2) is 0 Å². The number of ether oxygens (including phenoxy) is 2. The van der Waals surface area contributed by atoms with Crippen molar-refractivity contribution in [1.82, 2.24) is 4.90 Å². The van der Waals surface area contributed by atoms with Crippen LogP contribution in [0.5, 0.6) is 11.5 Å². The second-order valence-electron chi connectivity index (χ2n) is 7.35. The molecule has 0 N–H and O–H groups in total. The Morgan fingerprint density at radius 2 is 1.40 bits per heavy atom. The highest BCUT2D eigenvalue weighted by Crippen LogP contribution is 2.77. The van der Waals surface area contributed by atoms with Crippen LogP contribution >= 0.6 is 69.6 Å². The Kier molecular flexibility index (Phi) is 5.45. The number of likely N-dealkylation sites (tertiary alicyclic amines) is 1. The highest BCUT2D eigenvalue weighted by atomic mass is 35.5. The molecule has 5 nitrogen and oxygen atoms in total. The molecule has 2 amide bonds. The van der Waals surface area contributed by atoms with Gasteiger partial charge in [0.25, 0.3) is 0 Å². The van der Waals surface area contributed by atoms with E-state index in [0.717, 1.165) is 10.5 Å². The molecule has 30 heavy (non-hydrogen) atoms. The van der Waals surface area contributed by atoms with Gasteiger partial charge in [-0.3, -0.25) is 14.5 Å². The fourth-order valence-corrected chi connectivity index (χ4v) is 7.48. The lowest BCUT2D eigenvalue weighted by Crippen LogP contribution is -2.50. The van der Waals surface area contributed by atoms with Crippen LogP contribution in [0.1, 0.15) is 5.56 Å². The van der Waals surface area contributed by atoms with Gasteiger partial charge in [-0.15, -0.1) is 23.2 Å². The molecule has 2 bridgehead atoms. The first kappa shape index (κ1) is 22.6. The molecule has 1 heterocycles. The van der Waals surface area contributed by atoms with E-state index in [2.05, 4.69) is 0 Å². The van der Waals surface area contributed by atoms with Crippen LogP contribution in [-0.2, 0) is 16.0 Å². The molecule has 1 saturated carbocycles. The number of imide groups is 1. The zero-order valence-electron chi connectivity index (χ0n) is 15.6. The third kappa shape index (κ3) is 2.51. The number of rotatable bonds is 5. The number of hydrogen-bond acceptors (Lipinski definition) is 4. The van der Waals surface area contributed by atoms with E-state index in [1.807, 2.05) is 6.07 Å². The molecule has 4 rings (SSSR count). The summed E-state index contributed by atoms with van der Waals surface area (Å²) in [6, 6.07) is 5.34. The van der Waals surface area contributed by atoms with Crippen molar-refractivity contribution >= 4 is 81.4 Å². The Balaban J connectivity index is 1.62. The molecule has 1 aliphatic heterocycles. The fourth-order valence-electron chi connectivity index (χ4n) is 4.55. The quantitative estimate of drug-likeness (QED) is 0.407. The molecule has 0 unspecified atom stereocenters. The van der Waals surface area contributed by atoms with Crippen LogP contribution in [0.25, 0.3) is 0 Å². The van der Waals surface area contributed by atoms with E-state index in [9.17, 15) is 9.59 Å². The summed E-state index contributed by atoms with van der Waals surface area (Å²) >= 11 is 38.9. The van der Waals surface area contributed by atoms with Crippen molar-refractivity contribution < 1.29 is 19.1 Å². The molecule has 4 atom stereocenters. The molecule has 0 radical (unpaired) electrons. The van der Waals surface area contributed by atoms with Crippen molar-refractivity contribution in [3.8, 4) is 11.5 Å². The lowest BCUT2D eigenvalue weighted by molar-refractivity contribution is -0.140. The Hall–Kier alpha value is -0.560. The first-order valence-corrected chi connectivity index (χ1v) is 11.1. The summed E-state index contributed by atoms with van der Waals surface area (Å²) in [4.78, 5) is 23.9. The highest BCUT2D eigenvalue weighted by Gasteiger charge is 2.87. The van der Waals surface area contributed by atoms with E-state index in [0.29, 0.717) is 17.9 Å². The monoisotopic (exact) mass is 531 g/mol. The van der Waals surface area contributed by atoms with Gasteiger partial charge in [0.15, 0.2) is 15.8 Å². The highest BCUT2D eigenvalue weighted by molar-refractivity contribution is 6.66. The topological polar surface area (TPSA) is 55.8 Å². The third-order valence-electron chi connectivity index (χ3n) is 6.07. The Morgan fingerprint density at radius 3 is 1.87 bits per heavy atom. The van der Waals surface area contributed by atoms with Gasteiger partial charge < -0.3 is 9.47 Å². The largest absolute Gasteiger partial charge is 0.493 e. The Morgan fingerprint density at radius 1 is 0.900 bits per heavy atom. The van der Waals surface area contributed by atoms with Gasteiger partial charge >= 0.3 is 0 Å². The van der Waals surface area contributed by atoms with Crippen LogP contribution in [0.15, 0.2) is 28.3 Å². The summed E-state index contributed by atoms with van der Waals surface area (Å²) in [6.07, 6.45) is 0.379. The van der Waals surface area contributed by atoms with Crippen molar-refractivity contribution in [3.63, 3.8) is 0 Å². The maximum absolute atomic E-state index is 13.2. The number of amides is 2. The molecule has 162 valence electrons. The van der Waals surface area contributed by atoms with Gasteiger partial charge in [0, 0.05) is 6.54 Å². The molecular weight excluding hydrogens is 519 g/mol. The smallest absolute Gasteiger partial charge is 0.235 e. The number of halogens is 6. The first-order chi connectivity index (χ1) is 14.0. The number of benzene rings is 1. The summed E-state index contributed by atoms with van der Waals surface area (Å²) < 4.78 is 8.58. The second kappa shape index (κ2) is 7.23. The molecule has 3 aliphatic rings. The lowest BCUT2D eigenvalue weighted by Gasteiger charge is -2.34. The number of carbonyl (C=O) groups excluding carboxylic acids is 2. The second-order valence-corrected chi connectivity index (χ2v) is 10.6. The van der Waals surface area contributed by atoms with Gasteiger partial charge in [0.05, 0.1) is 36.1 Å². The van der Waals surface area contributed by atoms with Crippen LogP contribution in [-0.4, -0.2) is 51.6 Å². The first-order valence-electron chi connectivity index (χ1n) is 8.86. The Labute approximate surface area is 203 Å². The number of hydrogen-bond donors (Lipinski definition) is 0. The summed E-state index contributed by atoms with van der Waals surface area (Å²) in [6.45, 7) is 0.104. The molecule has 1 aromatic carbocycles. The number of carbonyl (C=O) groups is 2. The number of fused-ring (bicyclic) bond motifs is 5. The molecule has 1 saturated heterocycles. The number of alkyl halides is 4. The minimum atomic E-state index is -1.92. The maximum Gasteiger partial charge on any atom is 0.235 e. The van der Waals surface area contributed by atoms with Crippen molar-refractivity contribution in [2.24, 2.45) is 11.8 Å². The summed E-state index contributed by atoms with van der Waals surface area (Å²) in [7, 11) is 3.06. The average Bonchev–Trinajstić information content (AvgIpc) is 3.10. The Bertz CT molecular complexity index is 951. The predicted octanol–water partition coefficient (Wildman–Crippen LogP) is 4.69. The van der Waals surface area contributed by atoms with Crippen LogP contribution < -0.4 is 9.47 Å². The molecule has 0 spiro atoms. The fraction of sp³-hybridized carbons (Fsp3) is 0.474. The summed E-state index contributed by atoms with van der Waals surface area (Å²) in [5.74, 6) is -2.17.